The first kappa shape index (κ1) is 17.8. The number of thiazole rings is 1. The number of benzene rings is 2. The molecule has 0 aliphatic heterocycles. The van der Waals surface area contributed by atoms with E-state index < -0.39 is 4.92 Å². The SMILES string of the molecule is Cl.Nc1nc2c(-c3cccc([N+](=O)[O-])c3)cc(Cn3ccnc3)cc2s1. The zero-order chi connectivity index (χ0) is 17.4. The Kier molecular flexibility index (Phi) is 4.88. The maximum absolute atomic E-state index is 11.1. The number of halogens is 1. The van der Waals surface area contributed by atoms with E-state index in [0.29, 0.717) is 11.7 Å². The fourth-order valence-electron chi connectivity index (χ4n) is 2.79. The highest BCUT2D eigenvalue weighted by Gasteiger charge is 2.14. The van der Waals surface area contributed by atoms with E-state index in [4.69, 9.17) is 5.73 Å². The van der Waals surface area contributed by atoms with Crippen molar-refractivity contribution in [2.24, 2.45) is 0 Å². The maximum Gasteiger partial charge on any atom is 0.270 e. The van der Waals surface area contributed by atoms with Gasteiger partial charge < -0.3 is 10.3 Å². The minimum atomic E-state index is -0.397. The van der Waals surface area contributed by atoms with Gasteiger partial charge in [0, 0.05) is 36.6 Å². The van der Waals surface area contributed by atoms with E-state index >= 15 is 0 Å². The number of anilines is 1. The van der Waals surface area contributed by atoms with Gasteiger partial charge in [-0.25, -0.2) is 9.97 Å². The Morgan fingerprint density at radius 1 is 1.27 bits per heavy atom. The second kappa shape index (κ2) is 7.11. The average molecular weight is 388 g/mol. The first-order valence-corrected chi connectivity index (χ1v) is 8.31. The second-order valence-electron chi connectivity index (χ2n) is 5.58. The molecule has 2 heterocycles. The highest BCUT2D eigenvalue weighted by atomic mass is 35.5. The number of imidazole rings is 1. The molecule has 4 rings (SSSR count). The van der Waals surface area contributed by atoms with E-state index in [9.17, 15) is 10.1 Å². The van der Waals surface area contributed by atoms with Crippen LogP contribution in [0.1, 0.15) is 5.56 Å². The predicted molar refractivity (Wildman–Crippen MR) is 105 cm³/mol. The van der Waals surface area contributed by atoms with Crippen molar-refractivity contribution in [1.29, 1.82) is 0 Å². The predicted octanol–water partition coefficient (Wildman–Crippen LogP) is 4.12. The number of nitro groups is 1. The number of aromatic nitrogens is 3. The molecule has 0 bridgehead atoms. The summed E-state index contributed by atoms with van der Waals surface area (Å²) in [6.07, 6.45) is 5.36. The van der Waals surface area contributed by atoms with Gasteiger partial charge in [-0.1, -0.05) is 23.5 Å². The zero-order valence-electron chi connectivity index (χ0n) is 13.4. The van der Waals surface area contributed by atoms with Crippen LogP contribution in [0.5, 0.6) is 0 Å². The Bertz CT molecular complexity index is 1080. The minimum absolute atomic E-state index is 0. The molecular formula is C17H14ClN5O2S. The van der Waals surface area contributed by atoms with Crippen LogP contribution in [0.4, 0.5) is 10.8 Å². The molecular weight excluding hydrogens is 374 g/mol. The largest absolute Gasteiger partial charge is 0.375 e. The molecule has 0 radical (unpaired) electrons. The van der Waals surface area contributed by atoms with Crippen molar-refractivity contribution in [3.63, 3.8) is 0 Å². The number of fused-ring (bicyclic) bond motifs is 1. The first-order chi connectivity index (χ1) is 12.1. The van der Waals surface area contributed by atoms with E-state index in [2.05, 4.69) is 9.97 Å². The summed E-state index contributed by atoms with van der Waals surface area (Å²) in [4.78, 5) is 19.2. The highest BCUT2D eigenvalue weighted by molar-refractivity contribution is 7.22. The number of nitrogen functional groups attached to an aromatic ring is 1. The van der Waals surface area contributed by atoms with Gasteiger partial charge in [0.1, 0.15) is 0 Å². The third-order valence-corrected chi connectivity index (χ3v) is 4.70. The van der Waals surface area contributed by atoms with Gasteiger partial charge in [0.15, 0.2) is 5.13 Å². The molecule has 2 aromatic carbocycles. The topological polar surface area (TPSA) is 99.9 Å². The average Bonchev–Trinajstić information content (AvgIpc) is 3.22. The molecule has 0 spiro atoms. The van der Waals surface area contributed by atoms with E-state index in [0.717, 1.165) is 26.9 Å². The van der Waals surface area contributed by atoms with E-state index in [-0.39, 0.29) is 18.1 Å². The van der Waals surface area contributed by atoms with Crippen molar-refractivity contribution >= 4 is 44.8 Å². The molecule has 9 heteroatoms. The van der Waals surface area contributed by atoms with Crippen molar-refractivity contribution in [2.75, 3.05) is 5.73 Å². The van der Waals surface area contributed by atoms with Gasteiger partial charge in [-0.2, -0.15) is 0 Å². The van der Waals surface area contributed by atoms with Crippen LogP contribution in [0.2, 0.25) is 0 Å². The smallest absolute Gasteiger partial charge is 0.270 e. The van der Waals surface area contributed by atoms with Crippen molar-refractivity contribution < 1.29 is 4.92 Å². The van der Waals surface area contributed by atoms with E-state index in [1.165, 1.54) is 17.4 Å². The van der Waals surface area contributed by atoms with Gasteiger partial charge in [0.05, 0.1) is 21.5 Å². The zero-order valence-corrected chi connectivity index (χ0v) is 15.0. The highest BCUT2D eigenvalue weighted by Crippen LogP contribution is 2.35. The van der Waals surface area contributed by atoms with Gasteiger partial charge in [-0.15, -0.1) is 12.4 Å². The lowest BCUT2D eigenvalue weighted by Crippen LogP contribution is -1.97. The summed E-state index contributed by atoms with van der Waals surface area (Å²) >= 11 is 1.41. The van der Waals surface area contributed by atoms with Crippen molar-refractivity contribution in [3.05, 3.63) is 70.8 Å². The van der Waals surface area contributed by atoms with Gasteiger partial charge in [-0.3, -0.25) is 10.1 Å². The van der Waals surface area contributed by atoms with Crippen LogP contribution in [0.25, 0.3) is 21.3 Å². The Hall–Kier alpha value is -2.97. The van der Waals surface area contributed by atoms with Gasteiger partial charge >= 0.3 is 0 Å². The molecule has 0 aliphatic rings. The van der Waals surface area contributed by atoms with Crippen molar-refractivity contribution in [2.45, 2.75) is 6.54 Å². The van der Waals surface area contributed by atoms with Gasteiger partial charge in [0.2, 0.25) is 0 Å². The summed E-state index contributed by atoms with van der Waals surface area (Å²) in [5.74, 6) is 0. The van der Waals surface area contributed by atoms with Crippen LogP contribution in [0.3, 0.4) is 0 Å². The fourth-order valence-corrected chi connectivity index (χ4v) is 3.62. The lowest BCUT2D eigenvalue weighted by molar-refractivity contribution is -0.384. The summed E-state index contributed by atoms with van der Waals surface area (Å²) in [6, 6.07) is 10.6. The standard InChI is InChI=1S/C17H13N5O2S.ClH/c18-17-20-16-14(12-2-1-3-13(8-12)22(23)24)6-11(7-15(16)25-17)9-21-5-4-19-10-21;/h1-8,10H,9H2,(H2,18,20);1H. The minimum Gasteiger partial charge on any atom is -0.375 e. The molecule has 0 amide bonds. The quantitative estimate of drug-likeness (QED) is 0.419. The van der Waals surface area contributed by atoms with E-state index in [1.54, 1.807) is 24.7 Å². The van der Waals surface area contributed by atoms with Crippen LogP contribution in [-0.2, 0) is 6.54 Å². The Morgan fingerprint density at radius 3 is 2.85 bits per heavy atom. The molecule has 4 aromatic rings. The monoisotopic (exact) mass is 387 g/mol. The van der Waals surface area contributed by atoms with Gasteiger partial charge in [0.25, 0.3) is 5.69 Å². The first-order valence-electron chi connectivity index (χ1n) is 7.49. The van der Waals surface area contributed by atoms with Crippen LogP contribution in [0, 0.1) is 10.1 Å². The molecule has 2 N–H and O–H groups in total. The third kappa shape index (κ3) is 3.37. The fraction of sp³-hybridized carbons (Fsp3) is 0.0588. The number of rotatable bonds is 4. The van der Waals surface area contributed by atoms with Crippen molar-refractivity contribution in [1.82, 2.24) is 14.5 Å². The Balaban J connectivity index is 0.00000196. The molecule has 26 heavy (non-hydrogen) atoms. The number of hydrogen-bond acceptors (Lipinski definition) is 6. The number of nitrogens with zero attached hydrogens (tertiary/aromatic N) is 4. The summed E-state index contributed by atoms with van der Waals surface area (Å²) in [7, 11) is 0. The summed E-state index contributed by atoms with van der Waals surface area (Å²) < 4.78 is 2.92. The molecule has 132 valence electrons. The van der Waals surface area contributed by atoms with E-state index in [1.807, 2.05) is 29.0 Å². The molecule has 0 unspecified atom stereocenters. The summed E-state index contributed by atoms with van der Waals surface area (Å²) in [5, 5.41) is 11.6. The van der Waals surface area contributed by atoms with Crippen molar-refractivity contribution in [3.8, 4) is 11.1 Å². The molecule has 0 fully saturated rings. The number of nitrogens with two attached hydrogens (primary N) is 1. The normalized spacial score (nSPS) is 10.6. The second-order valence-corrected chi connectivity index (χ2v) is 6.65. The third-order valence-electron chi connectivity index (χ3n) is 3.86. The number of hydrogen-bond donors (Lipinski definition) is 1. The molecule has 0 atom stereocenters. The van der Waals surface area contributed by atoms with Crippen LogP contribution < -0.4 is 5.73 Å². The molecule has 0 saturated heterocycles. The Morgan fingerprint density at radius 2 is 2.12 bits per heavy atom. The molecule has 0 aliphatic carbocycles. The number of non-ortho nitro benzene ring substituents is 1. The lowest BCUT2D eigenvalue weighted by Gasteiger charge is -2.08. The molecule has 2 aromatic heterocycles. The summed E-state index contributed by atoms with van der Waals surface area (Å²) in [6.45, 7) is 0.648. The van der Waals surface area contributed by atoms with Crippen LogP contribution in [0.15, 0.2) is 55.1 Å². The van der Waals surface area contributed by atoms with Crippen LogP contribution >= 0.6 is 23.7 Å². The summed E-state index contributed by atoms with van der Waals surface area (Å²) in [5.41, 5.74) is 9.33. The molecule has 7 nitrogen and oxygen atoms in total. The maximum atomic E-state index is 11.1. The number of nitro benzene ring substituents is 1. The Labute approximate surface area is 158 Å². The lowest BCUT2D eigenvalue weighted by atomic mass is 10.0. The van der Waals surface area contributed by atoms with Crippen LogP contribution in [-0.4, -0.2) is 19.5 Å². The van der Waals surface area contributed by atoms with Gasteiger partial charge in [-0.05, 0) is 23.3 Å². The molecule has 0 saturated carbocycles.